The zero-order valence-electron chi connectivity index (χ0n) is 8.65. The zero-order valence-corrected chi connectivity index (χ0v) is 9.41. The van der Waals surface area contributed by atoms with E-state index < -0.39 is 0 Å². The van der Waals surface area contributed by atoms with Gasteiger partial charge in [0.2, 0.25) is 5.88 Å². The van der Waals surface area contributed by atoms with Gasteiger partial charge in [0.15, 0.2) is 0 Å². The van der Waals surface area contributed by atoms with Crippen LogP contribution in [-0.4, -0.2) is 37.2 Å². The molecule has 1 amide bonds. The number of nitrogens with zero attached hydrogens (tertiary/aromatic N) is 2. The average Bonchev–Trinajstić information content (AvgIpc) is 2.26. The molecule has 1 heterocycles. The van der Waals surface area contributed by atoms with E-state index in [2.05, 4.69) is 4.98 Å². The number of hydroxylamine groups is 2. The van der Waals surface area contributed by atoms with Crippen molar-refractivity contribution in [1.82, 2.24) is 10.0 Å². The molecule has 0 aliphatic carbocycles. The highest BCUT2D eigenvalue weighted by Gasteiger charge is 2.14. The normalized spacial score (nSPS) is 9.87. The van der Waals surface area contributed by atoms with Gasteiger partial charge in [0, 0.05) is 13.2 Å². The Morgan fingerprint density at radius 2 is 2.20 bits per heavy atom. The Balaban J connectivity index is 2.97. The first-order valence-corrected chi connectivity index (χ1v) is 4.49. The average molecular weight is 231 g/mol. The molecule has 0 atom stereocenters. The van der Waals surface area contributed by atoms with E-state index in [1.165, 1.54) is 33.5 Å². The first-order chi connectivity index (χ1) is 7.10. The van der Waals surface area contributed by atoms with Crippen LogP contribution in [-0.2, 0) is 4.84 Å². The molecule has 0 unspecified atom stereocenters. The number of pyridine rings is 1. The molecule has 82 valence electrons. The van der Waals surface area contributed by atoms with Gasteiger partial charge in [-0.25, -0.2) is 10.0 Å². The van der Waals surface area contributed by atoms with Crippen LogP contribution in [0.1, 0.15) is 10.4 Å². The zero-order chi connectivity index (χ0) is 11.4. The minimum atomic E-state index is -0.324. The van der Waals surface area contributed by atoms with Crippen molar-refractivity contribution in [2.45, 2.75) is 0 Å². The van der Waals surface area contributed by atoms with Crippen molar-refractivity contribution in [1.29, 1.82) is 0 Å². The van der Waals surface area contributed by atoms with Crippen molar-refractivity contribution < 1.29 is 14.4 Å². The van der Waals surface area contributed by atoms with Crippen LogP contribution in [0, 0.1) is 0 Å². The second kappa shape index (κ2) is 4.95. The Labute approximate surface area is 92.5 Å². The van der Waals surface area contributed by atoms with Crippen molar-refractivity contribution in [3.05, 3.63) is 22.8 Å². The molecule has 0 bridgehead atoms. The maximum Gasteiger partial charge on any atom is 0.278 e. The van der Waals surface area contributed by atoms with Gasteiger partial charge in [0.25, 0.3) is 5.91 Å². The highest BCUT2D eigenvalue weighted by molar-refractivity contribution is 6.32. The van der Waals surface area contributed by atoms with Gasteiger partial charge in [0.05, 0.1) is 19.8 Å². The van der Waals surface area contributed by atoms with E-state index >= 15 is 0 Å². The fraction of sp³-hybridized carbons (Fsp3) is 0.333. The van der Waals surface area contributed by atoms with Gasteiger partial charge < -0.3 is 4.74 Å². The van der Waals surface area contributed by atoms with Crippen LogP contribution in [0.3, 0.4) is 0 Å². The number of amides is 1. The number of carbonyl (C=O) groups is 1. The van der Waals surface area contributed by atoms with Gasteiger partial charge in [-0.3, -0.25) is 9.63 Å². The van der Waals surface area contributed by atoms with Crippen LogP contribution in [0.15, 0.2) is 12.3 Å². The number of ether oxygens (including phenoxy) is 1. The third-order valence-corrected chi connectivity index (χ3v) is 2.08. The summed E-state index contributed by atoms with van der Waals surface area (Å²) >= 11 is 5.82. The molecule has 0 aliphatic heterocycles. The molecule has 1 aromatic heterocycles. The van der Waals surface area contributed by atoms with E-state index in [1.54, 1.807) is 0 Å². The molecule has 0 spiro atoms. The predicted octanol–water partition coefficient (Wildman–Crippen LogP) is 1.38. The summed E-state index contributed by atoms with van der Waals surface area (Å²) in [7, 11) is 4.36. The quantitative estimate of drug-likeness (QED) is 0.736. The lowest BCUT2D eigenvalue weighted by Crippen LogP contribution is -2.25. The molecular formula is C9H11ClN2O3. The van der Waals surface area contributed by atoms with Crippen LogP contribution >= 0.6 is 11.6 Å². The van der Waals surface area contributed by atoms with E-state index in [0.717, 1.165) is 5.06 Å². The van der Waals surface area contributed by atoms with E-state index in [1.807, 2.05) is 0 Å². The van der Waals surface area contributed by atoms with Crippen LogP contribution < -0.4 is 4.74 Å². The topological polar surface area (TPSA) is 51.7 Å². The number of aromatic nitrogens is 1. The number of hydrogen-bond acceptors (Lipinski definition) is 4. The van der Waals surface area contributed by atoms with Gasteiger partial charge >= 0.3 is 0 Å². The van der Waals surface area contributed by atoms with Crippen LogP contribution in [0.5, 0.6) is 5.88 Å². The summed E-state index contributed by atoms with van der Waals surface area (Å²) < 4.78 is 4.87. The summed E-state index contributed by atoms with van der Waals surface area (Å²) in [5, 5.41) is 1.37. The summed E-state index contributed by atoms with van der Waals surface area (Å²) in [4.78, 5) is 20.2. The molecule has 0 aliphatic rings. The van der Waals surface area contributed by atoms with Gasteiger partial charge in [-0.05, 0) is 6.07 Å². The predicted molar refractivity (Wildman–Crippen MR) is 54.9 cm³/mol. The van der Waals surface area contributed by atoms with Gasteiger partial charge in [-0.1, -0.05) is 11.6 Å². The standard InChI is InChI=1S/C9H11ClN2O3/c1-12(15-3)9(13)6-4-7(10)8(14-2)11-5-6/h4-5H,1-3H3. The molecule has 0 radical (unpaired) electrons. The minimum Gasteiger partial charge on any atom is -0.480 e. The first kappa shape index (κ1) is 11.7. The largest absolute Gasteiger partial charge is 0.480 e. The molecule has 6 heteroatoms. The smallest absolute Gasteiger partial charge is 0.278 e. The molecule has 0 saturated heterocycles. The molecule has 1 aromatic rings. The number of rotatable bonds is 3. The fourth-order valence-electron chi connectivity index (χ4n) is 0.957. The third kappa shape index (κ3) is 2.57. The van der Waals surface area contributed by atoms with E-state index in [4.69, 9.17) is 21.2 Å². The van der Waals surface area contributed by atoms with Crippen LogP contribution in [0.25, 0.3) is 0 Å². The Morgan fingerprint density at radius 1 is 1.53 bits per heavy atom. The molecule has 15 heavy (non-hydrogen) atoms. The van der Waals surface area contributed by atoms with E-state index in [0.29, 0.717) is 5.56 Å². The van der Waals surface area contributed by atoms with Crippen molar-refractivity contribution in [2.75, 3.05) is 21.3 Å². The fourth-order valence-corrected chi connectivity index (χ4v) is 1.20. The Hall–Kier alpha value is -1.33. The second-order valence-electron chi connectivity index (χ2n) is 2.70. The molecule has 0 fully saturated rings. The SMILES string of the molecule is COc1ncc(C(=O)N(C)OC)cc1Cl. The Bertz CT molecular complexity index is 370. The van der Waals surface area contributed by atoms with Crippen molar-refractivity contribution in [3.63, 3.8) is 0 Å². The minimum absolute atomic E-state index is 0.285. The van der Waals surface area contributed by atoms with Crippen LogP contribution in [0.2, 0.25) is 5.02 Å². The molecule has 0 N–H and O–H groups in total. The monoisotopic (exact) mass is 230 g/mol. The maximum absolute atomic E-state index is 11.6. The number of hydrogen-bond donors (Lipinski definition) is 0. The van der Waals surface area contributed by atoms with E-state index in [-0.39, 0.29) is 16.8 Å². The van der Waals surface area contributed by atoms with Crippen LogP contribution in [0.4, 0.5) is 0 Å². The highest BCUT2D eigenvalue weighted by Crippen LogP contribution is 2.22. The van der Waals surface area contributed by atoms with Gasteiger partial charge in [-0.2, -0.15) is 0 Å². The summed E-state index contributed by atoms with van der Waals surface area (Å²) in [6.07, 6.45) is 1.38. The summed E-state index contributed by atoms with van der Waals surface area (Å²) in [6, 6.07) is 1.48. The summed E-state index contributed by atoms with van der Waals surface area (Å²) in [5.74, 6) is -0.0390. The Morgan fingerprint density at radius 3 is 2.67 bits per heavy atom. The van der Waals surface area contributed by atoms with Crippen molar-refractivity contribution in [2.24, 2.45) is 0 Å². The van der Waals surface area contributed by atoms with Crippen molar-refractivity contribution >= 4 is 17.5 Å². The number of halogens is 1. The summed E-state index contributed by atoms with van der Waals surface area (Å²) in [5.41, 5.74) is 0.338. The number of carbonyl (C=O) groups excluding carboxylic acids is 1. The van der Waals surface area contributed by atoms with Gasteiger partial charge in [0.1, 0.15) is 5.02 Å². The molecule has 0 aromatic carbocycles. The molecule has 1 rings (SSSR count). The highest BCUT2D eigenvalue weighted by atomic mass is 35.5. The lowest BCUT2D eigenvalue weighted by atomic mass is 10.2. The lowest BCUT2D eigenvalue weighted by Gasteiger charge is -2.13. The lowest BCUT2D eigenvalue weighted by molar-refractivity contribution is -0.0757. The Kier molecular flexibility index (Phi) is 3.88. The maximum atomic E-state index is 11.6. The second-order valence-corrected chi connectivity index (χ2v) is 3.11. The summed E-state index contributed by atoms with van der Waals surface area (Å²) in [6.45, 7) is 0. The third-order valence-electron chi connectivity index (χ3n) is 1.81. The van der Waals surface area contributed by atoms with Gasteiger partial charge in [-0.15, -0.1) is 0 Å². The molecule has 0 saturated carbocycles. The molecular weight excluding hydrogens is 220 g/mol. The van der Waals surface area contributed by atoms with Crippen molar-refractivity contribution in [3.8, 4) is 5.88 Å². The molecule has 5 nitrogen and oxygen atoms in total. The first-order valence-electron chi connectivity index (χ1n) is 4.11. The number of methoxy groups -OCH3 is 1. The van der Waals surface area contributed by atoms with E-state index in [9.17, 15) is 4.79 Å².